The molecule has 1 aliphatic rings. The van der Waals surface area contributed by atoms with Crippen LogP contribution in [0, 0.1) is 11.7 Å². The predicted molar refractivity (Wildman–Crippen MR) is 95.1 cm³/mol. The molecule has 1 aromatic heterocycles. The van der Waals surface area contributed by atoms with Gasteiger partial charge in [-0.25, -0.2) is 14.3 Å². The Labute approximate surface area is 159 Å². The third-order valence-electron chi connectivity index (χ3n) is 4.41. The maximum atomic E-state index is 14.4. The quantitative estimate of drug-likeness (QED) is 0.680. The van der Waals surface area contributed by atoms with Crippen LogP contribution in [0.1, 0.15) is 19.8 Å². The molecule has 0 bridgehead atoms. The highest BCUT2D eigenvalue weighted by atomic mass is 35.5. The summed E-state index contributed by atoms with van der Waals surface area (Å²) in [4.78, 5) is 11.1. The molecule has 11 heteroatoms. The second-order valence-electron chi connectivity index (χ2n) is 6.15. The van der Waals surface area contributed by atoms with E-state index in [2.05, 4.69) is 25.6 Å². The van der Waals surface area contributed by atoms with Crippen LogP contribution in [0.25, 0.3) is 11.5 Å². The van der Waals surface area contributed by atoms with Crippen LogP contribution in [-0.2, 0) is 0 Å². The van der Waals surface area contributed by atoms with E-state index in [-0.39, 0.29) is 35.6 Å². The third-order valence-corrected chi connectivity index (χ3v) is 4.41. The zero-order chi connectivity index (χ0) is 18.7. The molecular formula is C16H20ClF3N4O3. The fraction of sp³-hybridized carbons (Fsp3) is 0.500. The summed E-state index contributed by atoms with van der Waals surface area (Å²) in [5, 5.41) is 12.0. The van der Waals surface area contributed by atoms with E-state index in [0.717, 1.165) is 32.0 Å². The number of aromatic nitrogens is 2. The van der Waals surface area contributed by atoms with Crippen molar-refractivity contribution in [2.45, 2.75) is 32.4 Å². The minimum absolute atomic E-state index is 0. The van der Waals surface area contributed by atoms with E-state index in [1.54, 1.807) is 0 Å². The predicted octanol–water partition coefficient (Wildman–Crippen LogP) is 2.99. The van der Waals surface area contributed by atoms with Crippen LogP contribution in [0.4, 0.5) is 18.9 Å². The molecule has 0 radical (unpaired) electrons. The van der Waals surface area contributed by atoms with E-state index < -0.39 is 23.9 Å². The summed E-state index contributed by atoms with van der Waals surface area (Å²) in [6.07, 6.45) is 1.82. The summed E-state index contributed by atoms with van der Waals surface area (Å²) in [6, 6.07) is 2.20. The molecule has 1 fully saturated rings. The molecule has 3 N–H and O–H groups in total. The van der Waals surface area contributed by atoms with E-state index in [4.69, 9.17) is 4.42 Å². The Morgan fingerprint density at radius 1 is 1.33 bits per heavy atom. The van der Waals surface area contributed by atoms with Gasteiger partial charge in [-0.15, -0.1) is 17.5 Å². The van der Waals surface area contributed by atoms with E-state index in [0.29, 0.717) is 5.92 Å². The van der Waals surface area contributed by atoms with Gasteiger partial charge in [-0.1, -0.05) is 0 Å². The van der Waals surface area contributed by atoms with Crippen LogP contribution in [0.5, 0.6) is 5.75 Å². The lowest BCUT2D eigenvalue weighted by Gasteiger charge is -2.30. The molecular weight excluding hydrogens is 389 g/mol. The highest BCUT2D eigenvalue weighted by molar-refractivity contribution is 5.85. The Balaban J connectivity index is 0.00000261. The molecule has 0 saturated carbocycles. The van der Waals surface area contributed by atoms with Gasteiger partial charge in [-0.3, -0.25) is 0 Å². The second kappa shape index (κ2) is 9.14. The van der Waals surface area contributed by atoms with E-state index in [1.807, 2.05) is 6.92 Å². The lowest BCUT2D eigenvalue weighted by atomic mass is 9.91. The van der Waals surface area contributed by atoms with Crippen molar-refractivity contribution in [2.75, 3.05) is 18.4 Å². The topological polar surface area (TPSA) is 92.2 Å². The molecule has 2 aromatic rings. The van der Waals surface area contributed by atoms with Crippen molar-refractivity contribution in [1.29, 1.82) is 0 Å². The van der Waals surface area contributed by atoms with Crippen LogP contribution < -0.4 is 21.1 Å². The van der Waals surface area contributed by atoms with Crippen molar-refractivity contribution in [3.05, 3.63) is 28.5 Å². The van der Waals surface area contributed by atoms with Gasteiger partial charge in [0, 0.05) is 11.6 Å². The molecule has 7 nitrogen and oxygen atoms in total. The molecule has 0 amide bonds. The molecule has 1 atom stereocenters. The molecule has 2 heterocycles. The van der Waals surface area contributed by atoms with Crippen molar-refractivity contribution in [3.63, 3.8) is 0 Å². The second-order valence-corrected chi connectivity index (χ2v) is 6.15. The Morgan fingerprint density at radius 2 is 2.04 bits per heavy atom. The molecule has 1 saturated heterocycles. The first-order valence-electron chi connectivity index (χ1n) is 8.25. The smallest absolute Gasteiger partial charge is 0.429 e. The van der Waals surface area contributed by atoms with Gasteiger partial charge < -0.3 is 19.8 Å². The first-order valence-corrected chi connectivity index (χ1v) is 8.25. The molecule has 0 aliphatic carbocycles. The molecule has 3 rings (SSSR count). The van der Waals surface area contributed by atoms with Gasteiger partial charge in [0.15, 0.2) is 11.6 Å². The molecule has 0 spiro atoms. The number of rotatable bonds is 6. The standard InChI is InChI=1S/C16H19F3N4O3.ClH/c1-8(9-2-4-20-5-3-9)21-12-7-10(14-22-23-16(24)26-14)6-11(17)13(12)25-15(18)19;/h6-9,15,20-21H,2-5H2,1H3,(H,23,24);1H. The van der Waals surface area contributed by atoms with Gasteiger partial charge >= 0.3 is 12.4 Å². The first kappa shape index (κ1) is 21.1. The summed E-state index contributed by atoms with van der Waals surface area (Å²) in [7, 11) is 0. The number of nitrogens with one attached hydrogen (secondary N) is 3. The monoisotopic (exact) mass is 408 g/mol. The first-order chi connectivity index (χ1) is 12.4. The number of alkyl halides is 2. The number of benzene rings is 1. The fourth-order valence-corrected chi connectivity index (χ4v) is 3.09. The number of aromatic amines is 1. The van der Waals surface area contributed by atoms with Crippen LogP contribution in [-0.4, -0.2) is 35.9 Å². The zero-order valence-corrected chi connectivity index (χ0v) is 15.2. The summed E-state index contributed by atoms with van der Waals surface area (Å²) >= 11 is 0. The lowest BCUT2D eigenvalue weighted by Crippen LogP contribution is -2.36. The molecule has 150 valence electrons. The van der Waals surface area contributed by atoms with Crippen LogP contribution in [0.3, 0.4) is 0 Å². The third kappa shape index (κ3) is 5.16. The number of piperidine rings is 1. The number of halogens is 4. The minimum Gasteiger partial charge on any atom is -0.429 e. The highest BCUT2D eigenvalue weighted by Crippen LogP contribution is 2.35. The number of hydrogen-bond acceptors (Lipinski definition) is 6. The average molecular weight is 409 g/mol. The van der Waals surface area contributed by atoms with Gasteiger partial charge in [0.2, 0.25) is 5.89 Å². The maximum absolute atomic E-state index is 14.4. The number of ether oxygens (including phenoxy) is 1. The number of anilines is 1. The normalized spacial score (nSPS) is 16.0. The molecule has 27 heavy (non-hydrogen) atoms. The van der Waals surface area contributed by atoms with Gasteiger partial charge in [0.05, 0.1) is 5.69 Å². The van der Waals surface area contributed by atoms with Crippen molar-refractivity contribution >= 4 is 18.1 Å². The largest absolute Gasteiger partial charge is 0.434 e. The van der Waals surface area contributed by atoms with E-state index in [1.165, 1.54) is 6.07 Å². The zero-order valence-electron chi connectivity index (χ0n) is 14.4. The SMILES string of the molecule is CC(Nc1cc(-c2n[nH]c(=O)o2)cc(F)c1OC(F)F)C1CCNCC1.Cl. The van der Waals surface area contributed by atoms with Gasteiger partial charge in [0.1, 0.15) is 0 Å². The van der Waals surface area contributed by atoms with Gasteiger partial charge in [0.25, 0.3) is 0 Å². The van der Waals surface area contributed by atoms with Crippen molar-refractivity contribution < 1.29 is 22.3 Å². The highest BCUT2D eigenvalue weighted by Gasteiger charge is 2.24. The van der Waals surface area contributed by atoms with Crippen molar-refractivity contribution in [3.8, 4) is 17.2 Å². The Bertz CT molecular complexity index is 808. The summed E-state index contributed by atoms with van der Waals surface area (Å²) in [5.74, 6) is -2.23. The Hall–Kier alpha value is -2.20. The summed E-state index contributed by atoms with van der Waals surface area (Å²) in [6.45, 7) is 0.461. The molecule has 1 unspecified atom stereocenters. The Morgan fingerprint density at radius 3 is 2.63 bits per heavy atom. The molecule has 1 aliphatic heterocycles. The van der Waals surface area contributed by atoms with E-state index >= 15 is 0 Å². The van der Waals surface area contributed by atoms with Crippen molar-refractivity contribution in [1.82, 2.24) is 15.5 Å². The van der Waals surface area contributed by atoms with E-state index in [9.17, 15) is 18.0 Å². The lowest BCUT2D eigenvalue weighted by molar-refractivity contribution is -0.0517. The maximum Gasteiger partial charge on any atom is 0.434 e. The Kier molecular flexibility index (Phi) is 7.14. The fourth-order valence-electron chi connectivity index (χ4n) is 3.09. The molecule has 1 aromatic carbocycles. The number of H-pyrrole nitrogens is 1. The summed E-state index contributed by atoms with van der Waals surface area (Å²) < 4.78 is 48.9. The minimum atomic E-state index is -3.17. The van der Waals surface area contributed by atoms with Crippen LogP contribution in [0.2, 0.25) is 0 Å². The van der Waals surface area contributed by atoms with Gasteiger partial charge in [-0.05, 0) is 50.9 Å². The van der Waals surface area contributed by atoms with Crippen molar-refractivity contribution in [2.24, 2.45) is 5.92 Å². The number of hydrogen-bond donors (Lipinski definition) is 3. The van der Waals surface area contributed by atoms with Crippen LogP contribution in [0.15, 0.2) is 21.3 Å². The average Bonchev–Trinajstić information content (AvgIpc) is 3.04. The number of nitrogens with zero attached hydrogens (tertiary/aromatic N) is 1. The summed E-state index contributed by atoms with van der Waals surface area (Å²) in [5.41, 5.74) is 0.180. The van der Waals surface area contributed by atoms with Gasteiger partial charge in [-0.2, -0.15) is 8.78 Å². The van der Waals surface area contributed by atoms with Crippen LogP contribution >= 0.6 is 12.4 Å².